The molecule has 2 rings (SSSR count). The Balaban J connectivity index is 1.86. The van der Waals surface area contributed by atoms with Gasteiger partial charge in [-0.15, -0.1) is 0 Å². The van der Waals surface area contributed by atoms with Crippen LogP contribution in [0.15, 0.2) is 39.3 Å². The first-order chi connectivity index (χ1) is 8.66. The Bertz CT molecular complexity index is 551. The molecule has 0 saturated heterocycles. The standard InChI is InChI=1S/C13H13BrN2O2/c1-9-8-12(16-18-9)13(17)15-7-6-10-4-2-3-5-11(10)14/h2-5,8H,6-7H2,1H3,(H,15,17). The summed E-state index contributed by atoms with van der Waals surface area (Å²) in [7, 11) is 0. The molecule has 0 saturated carbocycles. The van der Waals surface area contributed by atoms with Crippen LogP contribution in [-0.4, -0.2) is 17.6 Å². The third-order valence-electron chi connectivity index (χ3n) is 2.50. The predicted molar refractivity (Wildman–Crippen MR) is 71.4 cm³/mol. The molecule has 4 nitrogen and oxygen atoms in total. The third kappa shape index (κ3) is 3.20. The zero-order valence-corrected chi connectivity index (χ0v) is 11.5. The van der Waals surface area contributed by atoms with Gasteiger partial charge in [-0.3, -0.25) is 4.79 Å². The van der Waals surface area contributed by atoms with E-state index in [0.717, 1.165) is 16.5 Å². The molecule has 1 aromatic carbocycles. The van der Waals surface area contributed by atoms with Gasteiger partial charge in [0.25, 0.3) is 5.91 Å². The summed E-state index contributed by atoms with van der Waals surface area (Å²) in [6.45, 7) is 2.32. The molecule has 1 amide bonds. The largest absolute Gasteiger partial charge is 0.361 e. The van der Waals surface area contributed by atoms with Crippen molar-refractivity contribution in [3.05, 3.63) is 51.8 Å². The molecule has 1 aromatic heterocycles. The van der Waals surface area contributed by atoms with E-state index in [0.29, 0.717) is 18.0 Å². The van der Waals surface area contributed by atoms with Gasteiger partial charge in [-0.2, -0.15) is 0 Å². The molecule has 0 spiro atoms. The first kappa shape index (κ1) is 12.8. The molecule has 1 N–H and O–H groups in total. The molecule has 0 radical (unpaired) electrons. The predicted octanol–water partition coefficient (Wildman–Crippen LogP) is 2.72. The van der Waals surface area contributed by atoms with Gasteiger partial charge < -0.3 is 9.84 Å². The number of carbonyl (C=O) groups is 1. The SMILES string of the molecule is Cc1cc(C(=O)NCCc2ccccc2Br)no1. The molecule has 0 aliphatic carbocycles. The zero-order chi connectivity index (χ0) is 13.0. The van der Waals surface area contributed by atoms with Gasteiger partial charge in [-0.05, 0) is 25.0 Å². The number of amides is 1. The Labute approximate surface area is 113 Å². The van der Waals surface area contributed by atoms with E-state index in [2.05, 4.69) is 26.4 Å². The number of nitrogens with zero attached hydrogens (tertiary/aromatic N) is 1. The van der Waals surface area contributed by atoms with E-state index in [-0.39, 0.29) is 5.91 Å². The van der Waals surface area contributed by atoms with Crippen LogP contribution in [0, 0.1) is 6.92 Å². The van der Waals surface area contributed by atoms with Crippen molar-refractivity contribution in [1.82, 2.24) is 10.5 Å². The normalized spacial score (nSPS) is 10.3. The minimum atomic E-state index is -0.209. The van der Waals surface area contributed by atoms with Crippen molar-refractivity contribution < 1.29 is 9.32 Å². The quantitative estimate of drug-likeness (QED) is 0.945. The van der Waals surface area contributed by atoms with Crippen molar-refractivity contribution in [3.63, 3.8) is 0 Å². The van der Waals surface area contributed by atoms with Crippen LogP contribution in [0.3, 0.4) is 0 Å². The van der Waals surface area contributed by atoms with Gasteiger partial charge in [-0.1, -0.05) is 39.3 Å². The summed E-state index contributed by atoms with van der Waals surface area (Å²) < 4.78 is 5.90. The van der Waals surface area contributed by atoms with Crippen LogP contribution in [0.25, 0.3) is 0 Å². The lowest BCUT2D eigenvalue weighted by Crippen LogP contribution is -2.26. The smallest absolute Gasteiger partial charge is 0.273 e. The van der Waals surface area contributed by atoms with Crippen molar-refractivity contribution in [1.29, 1.82) is 0 Å². The molecule has 0 fully saturated rings. The number of rotatable bonds is 4. The maximum Gasteiger partial charge on any atom is 0.273 e. The minimum Gasteiger partial charge on any atom is -0.361 e. The van der Waals surface area contributed by atoms with Crippen LogP contribution in [-0.2, 0) is 6.42 Å². The number of carbonyl (C=O) groups excluding carboxylic acids is 1. The lowest BCUT2D eigenvalue weighted by Gasteiger charge is -2.05. The molecule has 94 valence electrons. The van der Waals surface area contributed by atoms with E-state index in [1.165, 1.54) is 0 Å². The molecule has 0 bridgehead atoms. The van der Waals surface area contributed by atoms with Gasteiger partial charge in [0.15, 0.2) is 5.69 Å². The van der Waals surface area contributed by atoms with Gasteiger partial charge in [-0.25, -0.2) is 0 Å². The Hall–Kier alpha value is -1.62. The number of benzene rings is 1. The van der Waals surface area contributed by atoms with Gasteiger partial charge in [0, 0.05) is 17.1 Å². The number of aryl methyl sites for hydroxylation is 1. The molecule has 5 heteroatoms. The monoisotopic (exact) mass is 308 g/mol. The van der Waals surface area contributed by atoms with Crippen molar-refractivity contribution in [2.24, 2.45) is 0 Å². The maximum absolute atomic E-state index is 11.7. The van der Waals surface area contributed by atoms with Gasteiger partial charge >= 0.3 is 0 Å². The average molecular weight is 309 g/mol. The van der Waals surface area contributed by atoms with Gasteiger partial charge in [0.05, 0.1) is 0 Å². The lowest BCUT2D eigenvalue weighted by molar-refractivity contribution is 0.0945. The van der Waals surface area contributed by atoms with Gasteiger partial charge in [0.2, 0.25) is 0 Å². The molecular formula is C13H13BrN2O2. The first-order valence-electron chi connectivity index (χ1n) is 5.62. The van der Waals surface area contributed by atoms with Crippen molar-refractivity contribution >= 4 is 21.8 Å². The fourth-order valence-corrected chi connectivity index (χ4v) is 2.06. The molecule has 0 aliphatic heterocycles. The van der Waals surface area contributed by atoms with E-state index in [4.69, 9.17) is 4.52 Å². The second-order valence-corrected chi connectivity index (χ2v) is 4.77. The van der Waals surface area contributed by atoms with Crippen LogP contribution in [0.4, 0.5) is 0 Å². The lowest BCUT2D eigenvalue weighted by atomic mass is 10.1. The molecule has 2 aromatic rings. The number of halogens is 1. The molecule has 18 heavy (non-hydrogen) atoms. The number of aromatic nitrogens is 1. The average Bonchev–Trinajstić information content (AvgIpc) is 2.78. The summed E-state index contributed by atoms with van der Waals surface area (Å²) in [6.07, 6.45) is 0.768. The van der Waals surface area contributed by atoms with Crippen molar-refractivity contribution in [3.8, 4) is 0 Å². The highest BCUT2D eigenvalue weighted by molar-refractivity contribution is 9.10. The van der Waals surface area contributed by atoms with E-state index < -0.39 is 0 Å². The number of hydrogen-bond acceptors (Lipinski definition) is 3. The fourth-order valence-electron chi connectivity index (χ4n) is 1.58. The van der Waals surface area contributed by atoms with E-state index in [1.807, 2.05) is 24.3 Å². The first-order valence-corrected chi connectivity index (χ1v) is 6.41. The summed E-state index contributed by atoms with van der Waals surface area (Å²) in [5.41, 5.74) is 1.48. The van der Waals surface area contributed by atoms with Gasteiger partial charge in [0.1, 0.15) is 5.76 Å². The van der Waals surface area contributed by atoms with Crippen LogP contribution < -0.4 is 5.32 Å². The molecule has 0 aliphatic rings. The number of nitrogens with one attached hydrogen (secondary N) is 1. The molecule has 1 heterocycles. The second-order valence-electron chi connectivity index (χ2n) is 3.92. The maximum atomic E-state index is 11.7. The van der Waals surface area contributed by atoms with E-state index in [9.17, 15) is 4.79 Å². The highest BCUT2D eigenvalue weighted by Crippen LogP contribution is 2.15. The summed E-state index contributed by atoms with van der Waals surface area (Å²) in [5, 5.41) is 6.47. The summed E-state index contributed by atoms with van der Waals surface area (Å²) >= 11 is 3.47. The molecule has 0 unspecified atom stereocenters. The van der Waals surface area contributed by atoms with E-state index in [1.54, 1.807) is 13.0 Å². The summed E-state index contributed by atoms with van der Waals surface area (Å²) in [6, 6.07) is 9.57. The fraction of sp³-hybridized carbons (Fsp3) is 0.231. The van der Waals surface area contributed by atoms with Crippen LogP contribution >= 0.6 is 15.9 Å². The van der Waals surface area contributed by atoms with Crippen molar-refractivity contribution in [2.45, 2.75) is 13.3 Å². The third-order valence-corrected chi connectivity index (χ3v) is 3.27. The Morgan fingerprint density at radius 2 is 2.22 bits per heavy atom. The highest BCUT2D eigenvalue weighted by Gasteiger charge is 2.10. The molecular weight excluding hydrogens is 296 g/mol. The Morgan fingerprint density at radius 1 is 1.44 bits per heavy atom. The number of hydrogen-bond donors (Lipinski definition) is 1. The Morgan fingerprint density at radius 3 is 2.89 bits per heavy atom. The van der Waals surface area contributed by atoms with Crippen LogP contribution in [0.5, 0.6) is 0 Å². The minimum absolute atomic E-state index is 0.209. The topological polar surface area (TPSA) is 55.1 Å². The molecule has 0 atom stereocenters. The van der Waals surface area contributed by atoms with Crippen LogP contribution in [0.1, 0.15) is 21.8 Å². The second kappa shape index (κ2) is 5.82. The van der Waals surface area contributed by atoms with Crippen LogP contribution in [0.2, 0.25) is 0 Å². The van der Waals surface area contributed by atoms with Crippen molar-refractivity contribution in [2.75, 3.05) is 6.54 Å². The summed E-state index contributed by atoms with van der Waals surface area (Å²) in [4.78, 5) is 11.7. The Kier molecular flexibility index (Phi) is 4.15. The zero-order valence-electron chi connectivity index (χ0n) is 9.94. The summed E-state index contributed by atoms with van der Waals surface area (Å²) in [5.74, 6) is 0.421. The van der Waals surface area contributed by atoms with E-state index >= 15 is 0 Å². The highest BCUT2D eigenvalue weighted by atomic mass is 79.9.